The molecule has 0 aliphatic heterocycles. The van der Waals surface area contributed by atoms with Gasteiger partial charge in [-0.05, 0) is 36.1 Å². The second-order valence-electron chi connectivity index (χ2n) is 3.75. The molecule has 1 aromatic rings. The summed E-state index contributed by atoms with van der Waals surface area (Å²) in [7, 11) is 0. The summed E-state index contributed by atoms with van der Waals surface area (Å²) in [4.78, 5) is 20.8. The molecule has 17 heavy (non-hydrogen) atoms. The molecule has 1 rings (SSSR count). The number of hydrogen-bond donors (Lipinski definition) is 2. The Labute approximate surface area is 99.2 Å². The van der Waals surface area contributed by atoms with Crippen LogP contribution in [0.3, 0.4) is 0 Å². The molecule has 0 atom stereocenters. The SMILES string of the molecule is Cc1cc(/C=C/C(=O)O)ccc1CCC(=O)O. The van der Waals surface area contributed by atoms with Gasteiger partial charge in [0, 0.05) is 12.5 Å². The van der Waals surface area contributed by atoms with Gasteiger partial charge >= 0.3 is 11.9 Å². The van der Waals surface area contributed by atoms with Gasteiger partial charge in [0.15, 0.2) is 0 Å². The Bertz CT molecular complexity index is 460. The molecule has 0 fully saturated rings. The summed E-state index contributed by atoms with van der Waals surface area (Å²) in [6, 6.07) is 5.46. The summed E-state index contributed by atoms with van der Waals surface area (Å²) in [5, 5.41) is 17.1. The van der Waals surface area contributed by atoms with Crippen molar-refractivity contribution >= 4 is 18.0 Å². The van der Waals surface area contributed by atoms with Crippen LogP contribution in [0.5, 0.6) is 0 Å². The van der Waals surface area contributed by atoms with Crippen molar-refractivity contribution in [3.8, 4) is 0 Å². The molecule has 0 radical (unpaired) electrons. The number of rotatable bonds is 5. The van der Waals surface area contributed by atoms with Crippen molar-refractivity contribution in [1.29, 1.82) is 0 Å². The molecule has 0 saturated carbocycles. The number of aryl methyl sites for hydroxylation is 2. The lowest BCUT2D eigenvalue weighted by Gasteiger charge is -2.05. The van der Waals surface area contributed by atoms with E-state index < -0.39 is 11.9 Å². The van der Waals surface area contributed by atoms with Crippen LogP contribution in [0, 0.1) is 6.92 Å². The Kier molecular flexibility index (Phi) is 4.46. The van der Waals surface area contributed by atoms with Gasteiger partial charge in [-0.25, -0.2) is 4.79 Å². The summed E-state index contributed by atoms with van der Waals surface area (Å²) in [5.74, 6) is -1.81. The highest BCUT2D eigenvalue weighted by atomic mass is 16.4. The topological polar surface area (TPSA) is 74.6 Å². The van der Waals surface area contributed by atoms with Crippen molar-refractivity contribution < 1.29 is 19.8 Å². The van der Waals surface area contributed by atoms with E-state index in [-0.39, 0.29) is 6.42 Å². The first kappa shape index (κ1) is 13.0. The van der Waals surface area contributed by atoms with E-state index in [4.69, 9.17) is 10.2 Å². The van der Waals surface area contributed by atoms with Crippen LogP contribution in [-0.2, 0) is 16.0 Å². The zero-order valence-corrected chi connectivity index (χ0v) is 9.51. The first-order valence-electron chi connectivity index (χ1n) is 5.21. The van der Waals surface area contributed by atoms with Gasteiger partial charge in [-0.1, -0.05) is 18.2 Å². The Morgan fingerprint density at radius 3 is 2.53 bits per heavy atom. The third-order valence-electron chi connectivity index (χ3n) is 2.39. The van der Waals surface area contributed by atoms with Crippen LogP contribution in [0.25, 0.3) is 6.08 Å². The molecule has 0 bridgehead atoms. The lowest BCUT2D eigenvalue weighted by Crippen LogP contribution is -1.99. The second-order valence-corrected chi connectivity index (χ2v) is 3.75. The molecule has 0 saturated heterocycles. The van der Waals surface area contributed by atoms with Gasteiger partial charge in [0.2, 0.25) is 0 Å². The highest BCUT2D eigenvalue weighted by molar-refractivity contribution is 5.85. The maximum absolute atomic E-state index is 10.5. The molecule has 2 N–H and O–H groups in total. The summed E-state index contributed by atoms with van der Waals surface area (Å²) in [6.45, 7) is 1.88. The van der Waals surface area contributed by atoms with Gasteiger partial charge in [-0.15, -0.1) is 0 Å². The molecule has 90 valence electrons. The van der Waals surface area contributed by atoms with Gasteiger partial charge < -0.3 is 10.2 Å². The summed E-state index contributed by atoms with van der Waals surface area (Å²) < 4.78 is 0. The van der Waals surface area contributed by atoms with E-state index in [9.17, 15) is 9.59 Å². The van der Waals surface area contributed by atoms with Crippen molar-refractivity contribution in [3.63, 3.8) is 0 Å². The van der Waals surface area contributed by atoms with Crippen LogP contribution in [0.2, 0.25) is 0 Å². The number of carboxylic acids is 2. The Morgan fingerprint density at radius 2 is 2.00 bits per heavy atom. The standard InChI is InChI=1S/C13H14O4/c1-9-8-10(3-6-12(14)15)2-4-11(9)5-7-13(16)17/h2-4,6,8H,5,7H2,1H3,(H,14,15)(H,16,17)/b6-3+. The lowest BCUT2D eigenvalue weighted by atomic mass is 10.0. The largest absolute Gasteiger partial charge is 0.481 e. The van der Waals surface area contributed by atoms with E-state index in [1.165, 1.54) is 6.08 Å². The number of carbonyl (C=O) groups is 2. The second kappa shape index (κ2) is 5.84. The van der Waals surface area contributed by atoms with Crippen LogP contribution in [-0.4, -0.2) is 22.2 Å². The molecule has 0 unspecified atom stereocenters. The van der Waals surface area contributed by atoms with Crippen LogP contribution >= 0.6 is 0 Å². The van der Waals surface area contributed by atoms with Crippen LogP contribution in [0.1, 0.15) is 23.1 Å². The van der Waals surface area contributed by atoms with E-state index in [1.54, 1.807) is 6.07 Å². The third kappa shape index (κ3) is 4.51. The molecule has 0 aliphatic rings. The van der Waals surface area contributed by atoms with E-state index in [0.29, 0.717) is 6.42 Å². The fourth-order valence-electron chi connectivity index (χ4n) is 1.51. The minimum atomic E-state index is -0.988. The van der Waals surface area contributed by atoms with E-state index in [0.717, 1.165) is 22.8 Å². The lowest BCUT2D eigenvalue weighted by molar-refractivity contribution is -0.137. The Balaban J connectivity index is 2.79. The molecule has 4 heteroatoms. The van der Waals surface area contributed by atoms with Gasteiger partial charge in [0.1, 0.15) is 0 Å². The summed E-state index contributed by atoms with van der Waals surface area (Å²) in [5.41, 5.74) is 2.74. The molecule has 0 spiro atoms. The fourth-order valence-corrected chi connectivity index (χ4v) is 1.51. The Morgan fingerprint density at radius 1 is 1.29 bits per heavy atom. The van der Waals surface area contributed by atoms with E-state index in [1.807, 2.05) is 19.1 Å². The molecule has 0 aromatic heterocycles. The van der Waals surface area contributed by atoms with Crippen LogP contribution in [0.4, 0.5) is 0 Å². The smallest absolute Gasteiger partial charge is 0.328 e. The number of aliphatic carboxylic acids is 2. The number of hydrogen-bond acceptors (Lipinski definition) is 2. The quantitative estimate of drug-likeness (QED) is 0.765. The first-order valence-corrected chi connectivity index (χ1v) is 5.21. The predicted molar refractivity (Wildman–Crippen MR) is 63.8 cm³/mol. The minimum absolute atomic E-state index is 0.102. The summed E-state index contributed by atoms with van der Waals surface area (Å²) in [6.07, 6.45) is 3.18. The van der Waals surface area contributed by atoms with Crippen molar-refractivity contribution in [2.75, 3.05) is 0 Å². The molecule has 0 heterocycles. The monoisotopic (exact) mass is 234 g/mol. The van der Waals surface area contributed by atoms with Crippen molar-refractivity contribution in [3.05, 3.63) is 41.0 Å². The zero-order chi connectivity index (χ0) is 12.8. The van der Waals surface area contributed by atoms with Gasteiger partial charge in [-0.3, -0.25) is 4.79 Å². The van der Waals surface area contributed by atoms with Gasteiger partial charge in [0.25, 0.3) is 0 Å². The number of benzene rings is 1. The molecule has 1 aromatic carbocycles. The highest BCUT2D eigenvalue weighted by Gasteiger charge is 2.02. The maximum atomic E-state index is 10.5. The zero-order valence-electron chi connectivity index (χ0n) is 9.51. The minimum Gasteiger partial charge on any atom is -0.481 e. The van der Waals surface area contributed by atoms with Gasteiger partial charge in [-0.2, -0.15) is 0 Å². The molecule has 0 aliphatic carbocycles. The highest BCUT2D eigenvalue weighted by Crippen LogP contribution is 2.14. The van der Waals surface area contributed by atoms with Crippen LogP contribution in [0.15, 0.2) is 24.3 Å². The number of carboxylic acid groups (broad SMARTS) is 2. The van der Waals surface area contributed by atoms with Gasteiger partial charge in [0.05, 0.1) is 0 Å². The third-order valence-corrected chi connectivity index (χ3v) is 2.39. The summed E-state index contributed by atoms with van der Waals surface area (Å²) >= 11 is 0. The van der Waals surface area contributed by atoms with E-state index in [2.05, 4.69) is 0 Å². The molecule has 0 amide bonds. The van der Waals surface area contributed by atoms with Crippen LogP contribution < -0.4 is 0 Å². The average Bonchev–Trinajstić information content (AvgIpc) is 2.24. The normalized spacial score (nSPS) is 10.6. The first-order chi connectivity index (χ1) is 7.99. The molecular weight excluding hydrogens is 220 g/mol. The Hall–Kier alpha value is -2.10. The average molecular weight is 234 g/mol. The van der Waals surface area contributed by atoms with Crippen molar-refractivity contribution in [1.82, 2.24) is 0 Å². The molecule has 4 nitrogen and oxygen atoms in total. The predicted octanol–water partition coefficient (Wildman–Crippen LogP) is 2.11. The van der Waals surface area contributed by atoms with Crippen molar-refractivity contribution in [2.24, 2.45) is 0 Å². The van der Waals surface area contributed by atoms with E-state index >= 15 is 0 Å². The maximum Gasteiger partial charge on any atom is 0.328 e. The molecular formula is C13H14O4. The fraction of sp³-hybridized carbons (Fsp3) is 0.231. The van der Waals surface area contributed by atoms with Crippen molar-refractivity contribution in [2.45, 2.75) is 19.8 Å².